The molecule has 1 aromatic carbocycles. The van der Waals surface area contributed by atoms with Crippen LogP contribution in [-0.2, 0) is 6.54 Å². The van der Waals surface area contributed by atoms with Crippen LogP contribution in [-0.4, -0.2) is 50.5 Å². The lowest BCUT2D eigenvalue weighted by atomic mass is 9.97. The van der Waals surface area contributed by atoms with E-state index in [2.05, 4.69) is 22.1 Å². The molecular formula is C18H22N6O. The number of nitrogens with zero attached hydrogens (tertiary/aromatic N) is 5. The fraction of sp³-hybridized carbons (Fsp3) is 0.389. The summed E-state index contributed by atoms with van der Waals surface area (Å²) >= 11 is 0. The number of benzene rings is 1. The monoisotopic (exact) mass is 338 g/mol. The van der Waals surface area contributed by atoms with Crippen LogP contribution in [0.3, 0.4) is 0 Å². The predicted molar refractivity (Wildman–Crippen MR) is 95.6 cm³/mol. The molecule has 0 atom stereocenters. The van der Waals surface area contributed by atoms with Gasteiger partial charge in [-0.25, -0.2) is 4.68 Å². The summed E-state index contributed by atoms with van der Waals surface area (Å²) in [4.78, 5) is 14.0. The number of hydrogen-bond acceptors (Lipinski definition) is 4. The Morgan fingerprint density at radius 3 is 2.80 bits per heavy atom. The van der Waals surface area contributed by atoms with Crippen molar-refractivity contribution in [1.29, 1.82) is 0 Å². The Labute approximate surface area is 146 Å². The Bertz CT molecular complexity index is 903. The molecule has 4 rings (SSSR count). The van der Waals surface area contributed by atoms with Gasteiger partial charge in [0.05, 0.1) is 17.9 Å². The molecule has 0 aliphatic carbocycles. The van der Waals surface area contributed by atoms with Crippen LogP contribution in [0.25, 0.3) is 16.6 Å². The summed E-state index contributed by atoms with van der Waals surface area (Å²) in [7, 11) is 2.17. The van der Waals surface area contributed by atoms with Crippen molar-refractivity contribution in [2.75, 3.05) is 20.1 Å². The van der Waals surface area contributed by atoms with Crippen molar-refractivity contribution in [3.63, 3.8) is 0 Å². The topological polar surface area (TPSA) is 82.0 Å². The Morgan fingerprint density at radius 1 is 1.28 bits per heavy atom. The van der Waals surface area contributed by atoms with Crippen LogP contribution in [0.5, 0.6) is 0 Å². The number of carbonyl (C=O) groups excluding carboxylic acids is 1. The zero-order chi connectivity index (χ0) is 17.4. The number of fused-ring (bicyclic) bond motifs is 1. The van der Waals surface area contributed by atoms with Gasteiger partial charge in [-0.1, -0.05) is 18.2 Å². The molecule has 2 aromatic heterocycles. The lowest BCUT2D eigenvalue weighted by Gasteiger charge is -2.28. The first kappa shape index (κ1) is 15.8. The Kier molecular flexibility index (Phi) is 4.01. The zero-order valence-electron chi connectivity index (χ0n) is 14.3. The number of primary amides is 1. The van der Waals surface area contributed by atoms with Crippen LogP contribution >= 0.6 is 0 Å². The van der Waals surface area contributed by atoms with E-state index in [0.29, 0.717) is 11.6 Å². The second-order valence-electron chi connectivity index (χ2n) is 6.81. The first-order valence-electron chi connectivity index (χ1n) is 8.61. The number of likely N-dealkylation sites (tertiary alicyclic amines) is 1. The van der Waals surface area contributed by atoms with Crippen LogP contribution in [0.4, 0.5) is 0 Å². The molecule has 1 aliphatic rings. The highest BCUT2D eigenvalue weighted by atomic mass is 16.1. The Hall–Kier alpha value is -2.67. The number of carbonyl (C=O) groups is 1. The zero-order valence-corrected chi connectivity index (χ0v) is 14.3. The second kappa shape index (κ2) is 6.33. The van der Waals surface area contributed by atoms with Gasteiger partial charge >= 0.3 is 0 Å². The minimum atomic E-state index is -0.520. The molecule has 1 aliphatic heterocycles. The third kappa shape index (κ3) is 3.02. The number of hydrogen-bond donors (Lipinski definition) is 1. The highest BCUT2D eigenvalue weighted by Gasteiger charge is 2.19. The van der Waals surface area contributed by atoms with Crippen molar-refractivity contribution >= 4 is 16.8 Å². The minimum Gasteiger partial charge on any atom is -0.364 e. The van der Waals surface area contributed by atoms with E-state index in [9.17, 15) is 4.79 Å². The predicted octanol–water partition coefficient (Wildman–Crippen LogP) is 1.66. The molecule has 0 unspecified atom stereocenters. The SMILES string of the molecule is CN1CCC(Cn2cc(-n3nc(C(N)=O)c4ccccc43)cn2)CC1. The molecule has 2 N–H and O–H groups in total. The van der Waals surface area contributed by atoms with Crippen LogP contribution in [0.15, 0.2) is 36.7 Å². The first-order valence-corrected chi connectivity index (χ1v) is 8.61. The number of piperidine rings is 1. The first-order chi connectivity index (χ1) is 12.1. The summed E-state index contributed by atoms with van der Waals surface area (Å²) in [6.45, 7) is 3.20. The molecule has 1 saturated heterocycles. The van der Waals surface area contributed by atoms with Crippen molar-refractivity contribution in [3.8, 4) is 5.69 Å². The van der Waals surface area contributed by atoms with Gasteiger partial charge in [-0.15, -0.1) is 0 Å². The van der Waals surface area contributed by atoms with Crippen molar-refractivity contribution in [2.45, 2.75) is 19.4 Å². The minimum absolute atomic E-state index is 0.290. The Morgan fingerprint density at radius 2 is 2.04 bits per heavy atom. The van der Waals surface area contributed by atoms with E-state index in [-0.39, 0.29) is 0 Å². The summed E-state index contributed by atoms with van der Waals surface area (Å²) in [6.07, 6.45) is 6.17. The van der Waals surface area contributed by atoms with E-state index >= 15 is 0 Å². The van der Waals surface area contributed by atoms with Crippen molar-refractivity contribution in [2.24, 2.45) is 11.7 Å². The van der Waals surface area contributed by atoms with Gasteiger partial charge in [-0.3, -0.25) is 9.48 Å². The van der Waals surface area contributed by atoms with E-state index in [4.69, 9.17) is 5.73 Å². The average Bonchev–Trinajstić information content (AvgIpc) is 3.21. The van der Waals surface area contributed by atoms with Crippen LogP contribution < -0.4 is 5.73 Å². The summed E-state index contributed by atoms with van der Waals surface area (Å²) < 4.78 is 3.72. The third-order valence-electron chi connectivity index (χ3n) is 4.97. The number of rotatable bonds is 4. The van der Waals surface area contributed by atoms with Crippen LogP contribution in [0.2, 0.25) is 0 Å². The van der Waals surface area contributed by atoms with Gasteiger partial charge < -0.3 is 10.6 Å². The molecule has 1 amide bonds. The number of amides is 1. The highest BCUT2D eigenvalue weighted by Crippen LogP contribution is 2.22. The summed E-state index contributed by atoms with van der Waals surface area (Å²) in [5.74, 6) is 0.133. The third-order valence-corrected chi connectivity index (χ3v) is 4.97. The van der Waals surface area contributed by atoms with Gasteiger partial charge in [0.1, 0.15) is 5.69 Å². The lowest BCUT2D eigenvalue weighted by molar-refractivity contribution is 0.0996. The number of nitrogens with two attached hydrogens (primary N) is 1. The normalized spacial score (nSPS) is 16.5. The molecule has 130 valence electrons. The molecule has 0 radical (unpaired) electrons. The van der Waals surface area contributed by atoms with Crippen molar-refractivity contribution < 1.29 is 4.79 Å². The van der Waals surface area contributed by atoms with Crippen molar-refractivity contribution in [1.82, 2.24) is 24.5 Å². The second-order valence-corrected chi connectivity index (χ2v) is 6.81. The van der Waals surface area contributed by atoms with Crippen LogP contribution in [0, 0.1) is 5.92 Å². The van der Waals surface area contributed by atoms with Crippen molar-refractivity contribution in [3.05, 3.63) is 42.4 Å². The maximum atomic E-state index is 11.7. The molecule has 0 saturated carbocycles. The number of aromatic nitrogens is 4. The molecule has 7 heteroatoms. The summed E-state index contributed by atoms with van der Waals surface area (Å²) in [5, 5.41) is 9.67. The van der Waals surface area contributed by atoms with Gasteiger partial charge in [-0.05, 0) is 45.0 Å². The number of para-hydroxylation sites is 1. The van der Waals surface area contributed by atoms with Crippen LogP contribution in [0.1, 0.15) is 23.3 Å². The van der Waals surface area contributed by atoms with Gasteiger partial charge in [0.25, 0.3) is 5.91 Å². The fourth-order valence-electron chi connectivity index (χ4n) is 3.52. The lowest BCUT2D eigenvalue weighted by Crippen LogP contribution is -2.31. The van der Waals surface area contributed by atoms with E-state index in [1.54, 1.807) is 10.9 Å². The van der Waals surface area contributed by atoms with Gasteiger partial charge in [-0.2, -0.15) is 10.2 Å². The van der Waals surface area contributed by atoms with E-state index < -0.39 is 5.91 Å². The largest absolute Gasteiger partial charge is 0.364 e. The molecule has 25 heavy (non-hydrogen) atoms. The van der Waals surface area contributed by atoms with Gasteiger partial charge in [0, 0.05) is 11.9 Å². The fourth-order valence-corrected chi connectivity index (χ4v) is 3.52. The molecule has 3 heterocycles. The summed E-state index contributed by atoms with van der Waals surface area (Å²) in [6, 6.07) is 7.60. The molecule has 0 spiro atoms. The highest BCUT2D eigenvalue weighted by molar-refractivity contribution is 6.04. The summed E-state index contributed by atoms with van der Waals surface area (Å²) in [5.41, 5.74) is 7.46. The quantitative estimate of drug-likeness (QED) is 0.784. The maximum absolute atomic E-state index is 11.7. The smallest absolute Gasteiger partial charge is 0.269 e. The van der Waals surface area contributed by atoms with Gasteiger partial charge in [0.15, 0.2) is 5.69 Å². The molecular weight excluding hydrogens is 316 g/mol. The standard InChI is InChI=1S/C18H22N6O/c1-22-8-6-13(7-9-22)11-23-12-14(10-20-23)24-16-5-3-2-4-15(16)17(21-24)18(19)25/h2-5,10,12-13H,6-9,11H2,1H3,(H2,19,25). The van der Waals surface area contributed by atoms with Gasteiger partial charge in [0.2, 0.25) is 0 Å². The molecule has 1 fully saturated rings. The maximum Gasteiger partial charge on any atom is 0.269 e. The Balaban J connectivity index is 1.62. The molecule has 0 bridgehead atoms. The van der Waals surface area contributed by atoms with E-state index in [1.165, 1.54) is 12.8 Å². The molecule has 3 aromatic rings. The van der Waals surface area contributed by atoms with E-state index in [0.717, 1.165) is 36.2 Å². The molecule has 7 nitrogen and oxygen atoms in total. The average molecular weight is 338 g/mol. The van der Waals surface area contributed by atoms with E-state index in [1.807, 2.05) is 35.1 Å².